The molecule has 4 heteroatoms. The number of likely N-dealkylation sites (tertiary alicyclic amines) is 1. The van der Waals surface area contributed by atoms with Crippen LogP contribution in [0.25, 0.3) is 0 Å². The maximum Gasteiger partial charge on any atom is 0.161 e. The largest absolute Gasteiger partial charge is 0.486 e. The van der Waals surface area contributed by atoms with Gasteiger partial charge in [0.25, 0.3) is 0 Å². The van der Waals surface area contributed by atoms with E-state index in [0.29, 0.717) is 19.3 Å². The van der Waals surface area contributed by atoms with Gasteiger partial charge in [0.15, 0.2) is 11.5 Å². The molecule has 4 rings (SSSR count). The van der Waals surface area contributed by atoms with Gasteiger partial charge in [0.05, 0.1) is 0 Å². The molecule has 0 radical (unpaired) electrons. The van der Waals surface area contributed by atoms with Gasteiger partial charge in [0.2, 0.25) is 0 Å². The Morgan fingerprint density at radius 2 is 1.64 bits per heavy atom. The number of nitrogens with zero attached hydrogens (tertiary/aromatic N) is 1. The molecule has 0 spiro atoms. The van der Waals surface area contributed by atoms with E-state index in [1.165, 1.54) is 24.0 Å². The Morgan fingerprint density at radius 3 is 2.44 bits per heavy atom. The first-order chi connectivity index (χ1) is 12.4. The van der Waals surface area contributed by atoms with E-state index in [1.807, 2.05) is 6.07 Å². The SMILES string of the molecule is c1ccc(CN2CCC(NCc3ccc4c(c3)OCCO4)CC2)cc1. The predicted molar refractivity (Wildman–Crippen MR) is 99.0 cm³/mol. The van der Waals surface area contributed by atoms with Gasteiger partial charge in [-0.1, -0.05) is 36.4 Å². The number of ether oxygens (including phenoxy) is 2. The van der Waals surface area contributed by atoms with Gasteiger partial charge in [0, 0.05) is 19.1 Å². The Labute approximate surface area is 149 Å². The number of nitrogens with one attached hydrogen (secondary N) is 1. The summed E-state index contributed by atoms with van der Waals surface area (Å²) < 4.78 is 11.2. The van der Waals surface area contributed by atoms with Crippen LogP contribution in [-0.4, -0.2) is 37.2 Å². The lowest BCUT2D eigenvalue weighted by Gasteiger charge is -2.32. The van der Waals surface area contributed by atoms with Crippen LogP contribution < -0.4 is 14.8 Å². The molecule has 2 aromatic rings. The maximum atomic E-state index is 5.67. The van der Waals surface area contributed by atoms with Gasteiger partial charge in [-0.15, -0.1) is 0 Å². The zero-order chi connectivity index (χ0) is 16.9. The molecule has 4 nitrogen and oxygen atoms in total. The Kier molecular flexibility index (Phi) is 5.19. The fourth-order valence-electron chi connectivity index (χ4n) is 3.60. The number of benzene rings is 2. The second-order valence-electron chi connectivity index (χ2n) is 6.89. The minimum Gasteiger partial charge on any atom is -0.486 e. The molecular formula is C21H26N2O2. The predicted octanol–water partition coefficient (Wildman–Crippen LogP) is 3.21. The van der Waals surface area contributed by atoms with Crippen molar-refractivity contribution < 1.29 is 9.47 Å². The van der Waals surface area contributed by atoms with Crippen molar-refractivity contribution in [3.05, 3.63) is 59.7 Å². The monoisotopic (exact) mass is 338 g/mol. The third-order valence-electron chi connectivity index (χ3n) is 5.04. The number of piperidine rings is 1. The summed E-state index contributed by atoms with van der Waals surface area (Å²) in [5.74, 6) is 1.74. The van der Waals surface area contributed by atoms with Gasteiger partial charge in [-0.25, -0.2) is 0 Å². The summed E-state index contributed by atoms with van der Waals surface area (Å²) in [6, 6.07) is 17.6. The lowest BCUT2D eigenvalue weighted by atomic mass is 10.0. The fourth-order valence-corrected chi connectivity index (χ4v) is 3.60. The van der Waals surface area contributed by atoms with Crippen LogP contribution in [0.1, 0.15) is 24.0 Å². The Balaban J connectivity index is 1.24. The van der Waals surface area contributed by atoms with Gasteiger partial charge in [-0.2, -0.15) is 0 Å². The normalized spacial score (nSPS) is 18.2. The first kappa shape index (κ1) is 16.4. The van der Waals surface area contributed by atoms with E-state index in [-0.39, 0.29) is 0 Å². The first-order valence-corrected chi connectivity index (χ1v) is 9.25. The van der Waals surface area contributed by atoms with E-state index in [4.69, 9.17) is 9.47 Å². The highest BCUT2D eigenvalue weighted by molar-refractivity contribution is 5.43. The molecule has 0 saturated carbocycles. The van der Waals surface area contributed by atoms with Gasteiger partial charge in [-0.05, 0) is 49.2 Å². The number of fused-ring (bicyclic) bond motifs is 1. The van der Waals surface area contributed by atoms with Crippen LogP contribution in [0.2, 0.25) is 0 Å². The molecule has 0 unspecified atom stereocenters. The van der Waals surface area contributed by atoms with Gasteiger partial charge >= 0.3 is 0 Å². The van der Waals surface area contributed by atoms with Crippen LogP contribution in [0, 0.1) is 0 Å². The molecule has 0 atom stereocenters. The zero-order valence-corrected chi connectivity index (χ0v) is 14.6. The molecule has 2 aromatic carbocycles. The molecule has 1 N–H and O–H groups in total. The lowest BCUT2D eigenvalue weighted by molar-refractivity contribution is 0.171. The van der Waals surface area contributed by atoms with Crippen molar-refractivity contribution in [2.45, 2.75) is 32.0 Å². The summed E-state index contributed by atoms with van der Waals surface area (Å²) in [4.78, 5) is 2.55. The summed E-state index contributed by atoms with van der Waals surface area (Å²) in [6.45, 7) is 5.56. The number of hydrogen-bond donors (Lipinski definition) is 1. The zero-order valence-electron chi connectivity index (χ0n) is 14.6. The van der Waals surface area contributed by atoms with Crippen LogP contribution in [0.5, 0.6) is 11.5 Å². The second kappa shape index (κ2) is 7.89. The van der Waals surface area contributed by atoms with Crippen LogP contribution in [0.4, 0.5) is 0 Å². The van der Waals surface area contributed by atoms with E-state index in [2.05, 4.69) is 52.7 Å². The van der Waals surface area contributed by atoms with Gasteiger partial charge < -0.3 is 14.8 Å². The van der Waals surface area contributed by atoms with Crippen LogP contribution in [0.3, 0.4) is 0 Å². The number of hydrogen-bond acceptors (Lipinski definition) is 4. The summed E-state index contributed by atoms with van der Waals surface area (Å²) in [7, 11) is 0. The first-order valence-electron chi connectivity index (χ1n) is 9.25. The van der Waals surface area contributed by atoms with Crippen molar-refractivity contribution in [2.75, 3.05) is 26.3 Å². The van der Waals surface area contributed by atoms with Crippen molar-refractivity contribution in [1.82, 2.24) is 10.2 Å². The molecule has 0 aromatic heterocycles. The molecule has 0 bridgehead atoms. The van der Waals surface area contributed by atoms with E-state index >= 15 is 0 Å². The average Bonchev–Trinajstić information content (AvgIpc) is 2.68. The fraction of sp³-hybridized carbons (Fsp3) is 0.429. The van der Waals surface area contributed by atoms with Crippen LogP contribution in [-0.2, 0) is 13.1 Å². The standard InChI is InChI=1S/C21H26N2O2/c1-2-4-17(5-3-1)16-23-10-8-19(9-11-23)22-15-18-6-7-20-21(14-18)25-13-12-24-20/h1-7,14,19,22H,8-13,15-16H2. The Morgan fingerprint density at radius 1 is 0.880 bits per heavy atom. The molecule has 1 saturated heterocycles. The average molecular weight is 338 g/mol. The van der Waals surface area contributed by atoms with Crippen LogP contribution >= 0.6 is 0 Å². The van der Waals surface area contributed by atoms with Crippen molar-refractivity contribution in [3.63, 3.8) is 0 Å². The Bertz CT molecular complexity index is 682. The van der Waals surface area contributed by atoms with Gasteiger partial charge in [-0.3, -0.25) is 4.90 Å². The highest BCUT2D eigenvalue weighted by Gasteiger charge is 2.19. The van der Waals surface area contributed by atoms with Gasteiger partial charge in [0.1, 0.15) is 13.2 Å². The molecule has 1 fully saturated rings. The van der Waals surface area contributed by atoms with Crippen molar-refractivity contribution in [1.29, 1.82) is 0 Å². The summed E-state index contributed by atoms with van der Waals surface area (Å²) in [5, 5.41) is 3.71. The molecule has 0 amide bonds. The number of rotatable bonds is 5. The third kappa shape index (κ3) is 4.33. The molecular weight excluding hydrogens is 312 g/mol. The van der Waals surface area contributed by atoms with Crippen molar-refractivity contribution in [3.8, 4) is 11.5 Å². The smallest absolute Gasteiger partial charge is 0.161 e. The van der Waals surface area contributed by atoms with E-state index in [9.17, 15) is 0 Å². The maximum absolute atomic E-state index is 5.67. The summed E-state index contributed by atoms with van der Waals surface area (Å²) in [5.41, 5.74) is 2.67. The minimum absolute atomic E-state index is 0.597. The summed E-state index contributed by atoms with van der Waals surface area (Å²) >= 11 is 0. The molecule has 2 aliphatic heterocycles. The van der Waals surface area contributed by atoms with Crippen molar-refractivity contribution >= 4 is 0 Å². The lowest BCUT2D eigenvalue weighted by Crippen LogP contribution is -2.41. The highest BCUT2D eigenvalue weighted by Crippen LogP contribution is 2.30. The molecule has 132 valence electrons. The Hall–Kier alpha value is -2.04. The quantitative estimate of drug-likeness (QED) is 0.908. The molecule has 25 heavy (non-hydrogen) atoms. The highest BCUT2D eigenvalue weighted by atomic mass is 16.6. The van der Waals surface area contributed by atoms with E-state index in [1.54, 1.807) is 0 Å². The van der Waals surface area contributed by atoms with E-state index in [0.717, 1.165) is 37.7 Å². The topological polar surface area (TPSA) is 33.7 Å². The van der Waals surface area contributed by atoms with E-state index < -0.39 is 0 Å². The van der Waals surface area contributed by atoms with Crippen molar-refractivity contribution in [2.24, 2.45) is 0 Å². The third-order valence-corrected chi connectivity index (χ3v) is 5.04. The molecule has 0 aliphatic carbocycles. The molecule has 2 heterocycles. The second-order valence-corrected chi connectivity index (χ2v) is 6.89. The minimum atomic E-state index is 0.597. The van der Waals surface area contributed by atoms with Crippen LogP contribution in [0.15, 0.2) is 48.5 Å². The molecule has 2 aliphatic rings. The summed E-state index contributed by atoms with van der Waals surface area (Å²) in [6.07, 6.45) is 2.41.